The van der Waals surface area contributed by atoms with E-state index in [4.69, 9.17) is 0 Å². The number of hydrogen-bond acceptors (Lipinski definition) is 4. The van der Waals surface area contributed by atoms with Crippen LogP contribution in [-0.4, -0.2) is 29.6 Å². The predicted molar refractivity (Wildman–Crippen MR) is 111 cm³/mol. The number of aldehydes is 1. The van der Waals surface area contributed by atoms with Crippen molar-refractivity contribution in [1.29, 1.82) is 0 Å². The second kappa shape index (κ2) is 10.4. The molecule has 29 heavy (non-hydrogen) atoms. The van der Waals surface area contributed by atoms with Crippen molar-refractivity contribution in [2.75, 3.05) is 0 Å². The number of aryl methyl sites for hydroxylation is 1. The fourth-order valence-electron chi connectivity index (χ4n) is 3.27. The van der Waals surface area contributed by atoms with E-state index in [0.717, 1.165) is 24.7 Å². The van der Waals surface area contributed by atoms with E-state index in [1.807, 2.05) is 39.8 Å². The van der Waals surface area contributed by atoms with Gasteiger partial charge in [-0.3, -0.25) is 24.5 Å². The number of nitrogens with one attached hydrogen (secondary N) is 1. The van der Waals surface area contributed by atoms with Crippen LogP contribution in [0.5, 0.6) is 0 Å². The Morgan fingerprint density at radius 2 is 1.83 bits per heavy atom. The standard InChI is InChI=1S/C13H16O2.C8H10FNO2.C2H6/c1-3-4-8-13(15)11-7-5-6-10(2)12(11)9-14;1-7(9)4-8(2-3-8)6(12)10-5(7)11;1-2/h5-7,9H,3-4,8H2,1-2H3;2-4H2,1H3,(H,10,11,12);1-2H3. The Morgan fingerprint density at radius 3 is 2.34 bits per heavy atom. The maximum Gasteiger partial charge on any atom is 0.263 e. The molecule has 1 unspecified atom stereocenters. The molecule has 2 fully saturated rings. The molecule has 1 heterocycles. The lowest BCUT2D eigenvalue weighted by molar-refractivity contribution is -0.147. The number of imide groups is 1. The van der Waals surface area contributed by atoms with Crippen molar-refractivity contribution >= 4 is 23.9 Å². The van der Waals surface area contributed by atoms with Crippen molar-refractivity contribution in [2.45, 2.75) is 78.8 Å². The molecule has 1 N–H and O–H groups in total. The first-order chi connectivity index (χ1) is 13.7. The van der Waals surface area contributed by atoms with Crippen molar-refractivity contribution in [2.24, 2.45) is 5.41 Å². The summed E-state index contributed by atoms with van der Waals surface area (Å²) in [5.41, 5.74) is -0.425. The van der Waals surface area contributed by atoms with Gasteiger partial charge in [0, 0.05) is 24.0 Å². The van der Waals surface area contributed by atoms with Crippen LogP contribution in [0, 0.1) is 12.3 Å². The summed E-state index contributed by atoms with van der Waals surface area (Å²) in [5.74, 6) is -1.00. The Balaban J connectivity index is 0.000000272. The molecule has 2 amide bonds. The predicted octanol–water partition coefficient (Wildman–Crippen LogP) is 4.75. The zero-order valence-corrected chi connectivity index (χ0v) is 18.1. The molecule has 2 aliphatic rings. The first-order valence-corrected chi connectivity index (χ1v) is 10.3. The van der Waals surface area contributed by atoms with Gasteiger partial charge in [-0.15, -0.1) is 0 Å². The first-order valence-electron chi connectivity index (χ1n) is 10.3. The van der Waals surface area contributed by atoms with Gasteiger partial charge in [0.25, 0.3) is 5.91 Å². The zero-order valence-electron chi connectivity index (χ0n) is 18.1. The van der Waals surface area contributed by atoms with Crippen molar-refractivity contribution < 1.29 is 23.6 Å². The fourth-order valence-corrected chi connectivity index (χ4v) is 3.27. The number of carbonyl (C=O) groups excluding carboxylic acids is 4. The lowest BCUT2D eigenvalue weighted by atomic mass is 9.85. The largest absolute Gasteiger partial charge is 0.298 e. The number of carbonyl (C=O) groups is 4. The molecule has 1 aliphatic carbocycles. The van der Waals surface area contributed by atoms with Gasteiger partial charge in [0.05, 0.1) is 5.41 Å². The number of halogens is 1. The van der Waals surface area contributed by atoms with E-state index in [1.165, 1.54) is 6.92 Å². The van der Waals surface area contributed by atoms with Gasteiger partial charge in [0.1, 0.15) is 0 Å². The van der Waals surface area contributed by atoms with Crippen molar-refractivity contribution in [1.82, 2.24) is 5.32 Å². The molecule has 0 bridgehead atoms. The van der Waals surface area contributed by atoms with E-state index in [2.05, 4.69) is 5.32 Å². The molecule has 1 aromatic carbocycles. The number of unbranched alkanes of at least 4 members (excludes halogenated alkanes) is 1. The summed E-state index contributed by atoms with van der Waals surface area (Å²) in [4.78, 5) is 44.8. The lowest BCUT2D eigenvalue weighted by Crippen LogP contribution is -2.54. The molecule has 1 saturated carbocycles. The number of ketones is 1. The Labute approximate surface area is 172 Å². The molecule has 3 rings (SSSR count). The topological polar surface area (TPSA) is 80.3 Å². The molecule has 5 nitrogen and oxygen atoms in total. The van der Waals surface area contributed by atoms with E-state index in [-0.39, 0.29) is 18.1 Å². The maximum absolute atomic E-state index is 13.4. The fraction of sp³-hybridized carbons (Fsp3) is 0.565. The number of piperidine rings is 1. The smallest absolute Gasteiger partial charge is 0.263 e. The number of alkyl halides is 1. The number of Topliss-reactive ketones (excluding diaryl/α,β-unsaturated/α-hetero) is 1. The number of amides is 2. The summed E-state index contributed by atoms with van der Waals surface area (Å²) >= 11 is 0. The quantitative estimate of drug-likeness (QED) is 0.436. The highest BCUT2D eigenvalue weighted by molar-refractivity contribution is 6.05. The lowest BCUT2D eigenvalue weighted by Gasteiger charge is -2.29. The Hall–Kier alpha value is -2.37. The summed E-state index contributed by atoms with van der Waals surface area (Å²) in [6.07, 6.45) is 4.66. The SMILES string of the molecule is CC.CC1(F)CC2(CC2)C(=O)NC1=O.CCCCC(=O)c1cccc(C)c1C=O. The van der Waals surface area contributed by atoms with Crippen LogP contribution in [0.3, 0.4) is 0 Å². The van der Waals surface area contributed by atoms with Crippen LogP contribution in [0.4, 0.5) is 4.39 Å². The van der Waals surface area contributed by atoms with Crippen LogP contribution < -0.4 is 5.32 Å². The molecule has 0 aromatic heterocycles. The molecule has 1 aromatic rings. The van der Waals surface area contributed by atoms with E-state index in [9.17, 15) is 23.6 Å². The number of hydrogen-bond donors (Lipinski definition) is 1. The van der Waals surface area contributed by atoms with E-state index < -0.39 is 17.0 Å². The van der Waals surface area contributed by atoms with Crippen LogP contribution in [-0.2, 0) is 9.59 Å². The zero-order chi connectivity index (χ0) is 22.2. The van der Waals surface area contributed by atoms with Crippen LogP contribution >= 0.6 is 0 Å². The van der Waals surface area contributed by atoms with Crippen molar-refractivity contribution in [3.05, 3.63) is 34.9 Å². The van der Waals surface area contributed by atoms with Crippen molar-refractivity contribution in [3.8, 4) is 0 Å². The second-order valence-corrected chi connectivity index (χ2v) is 7.62. The Bertz CT molecular complexity index is 752. The van der Waals surface area contributed by atoms with Crippen LogP contribution in [0.1, 0.15) is 92.5 Å². The van der Waals surface area contributed by atoms with E-state index >= 15 is 0 Å². The highest BCUT2D eigenvalue weighted by Gasteiger charge is 2.59. The average Bonchev–Trinajstić information content (AvgIpc) is 3.46. The summed E-state index contributed by atoms with van der Waals surface area (Å²) in [6, 6.07) is 5.40. The van der Waals surface area contributed by atoms with Gasteiger partial charge >= 0.3 is 0 Å². The monoisotopic (exact) mass is 405 g/mol. The summed E-state index contributed by atoms with van der Waals surface area (Å²) in [5, 5.41) is 2.07. The van der Waals surface area contributed by atoms with Crippen LogP contribution in [0.15, 0.2) is 18.2 Å². The van der Waals surface area contributed by atoms with Gasteiger partial charge in [-0.25, -0.2) is 4.39 Å². The Morgan fingerprint density at radius 1 is 1.21 bits per heavy atom. The normalized spacial score (nSPS) is 21.2. The third kappa shape index (κ3) is 6.05. The van der Waals surface area contributed by atoms with Crippen LogP contribution in [0.2, 0.25) is 0 Å². The van der Waals surface area contributed by atoms with Gasteiger partial charge in [0.15, 0.2) is 17.7 Å². The van der Waals surface area contributed by atoms with E-state index in [0.29, 0.717) is 30.4 Å². The summed E-state index contributed by atoms with van der Waals surface area (Å²) in [7, 11) is 0. The highest BCUT2D eigenvalue weighted by atomic mass is 19.1. The minimum Gasteiger partial charge on any atom is -0.298 e. The highest BCUT2D eigenvalue weighted by Crippen LogP contribution is 2.54. The molecule has 0 radical (unpaired) electrons. The van der Waals surface area contributed by atoms with E-state index in [1.54, 1.807) is 6.07 Å². The Kier molecular flexibility index (Phi) is 8.86. The molecule has 160 valence electrons. The minimum absolute atomic E-state index is 0.0602. The third-order valence-corrected chi connectivity index (χ3v) is 5.21. The van der Waals surface area contributed by atoms with Gasteiger partial charge < -0.3 is 0 Å². The number of rotatable bonds is 5. The molecule has 1 aliphatic heterocycles. The third-order valence-electron chi connectivity index (χ3n) is 5.21. The molecule has 1 spiro atoms. The summed E-state index contributed by atoms with van der Waals surface area (Å²) < 4.78 is 13.4. The van der Waals surface area contributed by atoms with Gasteiger partial charge in [0.2, 0.25) is 5.91 Å². The number of benzene rings is 1. The average molecular weight is 406 g/mol. The van der Waals surface area contributed by atoms with Gasteiger partial charge in [-0.05, 0) is 38.7 Å². The minimum atomic E-state index is -1.86. The van der Waals surface area contributed by atoms with Crippen LogP contribution in [0.25, 0.3) is 0 Å². The van der Waals surface area contributed by atoms with Gasteiger partial charge in [-0.2, -0.15) is 0 Å². The molecule has 1 saturated heterocycles. The van der Waals surface area contributed by atoms with Gasteiger partial charge in [-0.1, -0.05) is 45.4 Å². The molecular formula is C23H32FNO4. The summed E-state index contributed by atoms with van der Waals surface area (Å²) in [6.45, 7) is 9.12. The van der Waals surface area contributed by atoms with Crippen molar-refractivity contribution in [3.63, 3.8) is 0 Å². The maximum atomic E-state index is 13.4. The molecule has 6 heteroatoms. The molecule has 1 atom stereocenters. The first kappa shape index (κ1) is 24.7. The second-order valence-electron chi connectivity index (χ2n) is 7.62. The molecular weight excluding hydrogens is 373 g/mol.